The van der Waals surface area contributed by atoms with Gasteiger partial charge in [0.2, 0.25) is 0 Å². The Morgan fingerprint density at radius 2 is 2.00 bits per heavy atom. The molecule has 1 aliphatic heterocycles. The van der Waals surface area contributed by atoms with E-state index < -0.39 is 0 Å². The van der Waals surface area contributed by atoms with Gasteiger partial charge in [0.15, 0.2) is 5.82 Å². The Morgan fingerprint density at radius 3 is 2.85 bits per heavy atom. The molecule has 0 saturated heterocycles. The number of nitrogen functional groups attached to an aromatic ring is 1. The van der Waals surface area contributed by atoms with E-state index in [2.05, 4.69) is 15.4 Å². The second-order valence-electron chi connectivity index (χ2n) is 7.30. The summed E-state index contributed by atoms with van der Waals surface area (Å²) < 4.78 is 7.24. The van der Waals surface area contributed by atoms with Crippen molar-refractivity contribution in [1.29, 1.82) is 0 Å². The van der Waals surface area contributed by atoms with E-state index in [4.69, 9.17) is 10.5 Å². The summed E-state index contributed by atoms with van der Waals surface area (Å²) in [6.07, 6.45) is 6.08. The minimum Gasteiger partial charge on any atom is -0.382 e. The van der Waals surface area contributed by atoms with Crippen molar-refractivity contribution in [2.24, 2.45) is 0 Å². The summed E-state index contributed by atoms with van der Waals surface area (Å²) in [5.74, 6) is 0.532. The number of hydrogen-bond acceptors (Lipinski definition) is 5. The van der Waals surface area contributed by atoms with E-state index in [0.29, 0.717) is 36.0 Å². The van der Waals surface area contributed by atoms with Crippen LogP contribution in [0.15, 0.2) is 30.6 Å². The first-order valence-corrected chi connectivity index (χ1v) is 9.34. The Labute approximate surface area is 156 Å². The van der Waals surface area contributed by atoms with Crippen molar-refractivity contribution in [2.45, 2.75) is 44.8 Å². The number of hydrogen-bond donors (Lipinski definition) is 2. The molecule has 138 valence electrons. The van der Waals surface area contributed by atoms with Crippen LogP contribution in [-0.4, -0.2) is 20.5 Å². The molecule has 7 heteroatoms. The number of benzene rings is 1. The molecule has 1 aliphatic carbocycles. The number of ether oxygens (including phenoxy) is 1. The SMILES string of the molecule is Nc1ncnn2c(C3CCCC3)cc(C(=O)Nc3ccc4c(c3)COC4)c12. The third-order valence-corrected chi connectivity index (χ3v) is 5.61. The number of nitrogens with one attached hydrogen (secondary N) is 1. The fraction of sp³-hybridized carbons (Fsp3) is 0.350. The minimum atomic E-state index is -0.197. The van der Waals surface area contributed by atoms with Crippen LogP contribution in [0.3, 0.4) is 0 Å². The molecule has 5 rings (SSSR count). The Hall–Kier alpha value is -2.93. The molecule has 1 amide bonds. The van der Waals surface area contributed by atoms with Crippen molar-refractivity contribution in [3.63, 3.8) is 0 Å². The van der Waals surface area contributed by atoms with Gasteiger partial charge in [0.1, 0.15) is 11.8 Å². The first kappa shape index (κ1) is 16.3. The van der Waals surface area contributed by atoms with Crippen LogP contribution in [0, 0.1) is 0 Å². The standard InChI is InChI=1S/C20H21N5O2/c21-19-18-16(8-17(12-3-1-2-4-12)25(18)23-11-22-19)20(26)24-15-6-5-13-9-27-10-14(13)7-15/h5-8,11-12H,1-4,9-10H2,(H,24,26)(H2,21,22,23). The molecule has 0 bridgehead atoms. The van der Waals surface area contributed by atoms with Crippen LogP contribution in [0.1, 0.15) is 58.8 Å². The van der Waals surface area contributed by atoms with E-state index in [-0.39, 0.29) is 5.91 Å². The topological polar surface area (TPSA) is 94.5 Å². The second-order valence-corrected chi connectivity index (χ2v) is 7.30. The third-order valence-electron chi connectivity index (χ3n) is 5.61. The maximum atomic E-state index is 13.0. The predicted molar refractivity (Wildman–Crippen MR) is 101 cm³/mol. The molecule has 1 aromatic carbocycles. The summed E-state index contributed by atoms with van der Waals surface area (Å²) >= 11 is 0. The van der Waals surface area contributed by atoms with Gasteiger partial charge in [-0.1, -0.05) is 18.9 Å². The summed E-state index contributed by atoms with van der Waals surface area (Å²) in [4.78, 5) is 17.1. The lowest BCUT2D eigenvalue weighted by atomic mass is 10.0. The van der Waals surface area contributed by atoms with Crippen molar-refractivity contribution in [3.05, 3.63) is 53.0 Å². The number of aromatic nitrogens is 3. The zero-order valence-electron chi connectivity index (χ0n) is 14.9. The van der Waals surface area contributed by atoms with Gasteiger partial charge >= 0.3 is 0 Å². The minimum absolute atomic E-state index is 0.197. The number of nitrogens with zero attached hydrogens (tertiary/aromatic N) is 3. The highest BCUT2D eigenvalue weighted by Crippen LogP contribution is 2.36. The normalized spacial score (nSPS) is 16.7. The quantitative estimate of drug-likeness (QED) is 0.745. The Balaban J connectivity index is 1.53. The highest BCUT2D eigenvalue weighted by molar-refractivity contribution is 6.10. The van der Waals surface area contributed by atoms with Crippen molar-refractivity contribution in [2.75, 3.05) is 11.1 Å². The largest absolute Gasteiger partial charge is 0.382 e. The number of amides is 1. The highest BCUT2D eigenvalue weighted by atomic mass is 16.5. The van der Waals surface area contributed by atoms with E-state index in [9.17, 15) is 4.79 Å². The smallest absolute Gasteiger partial charge is 0.258 e. The van der Waals surface area contributed by atoms with Crippen molar-refractivity contribution < 1.29 is 9.53 Å². The van der Waals surface area contributed by atoms with Gasteiger partial charge in [0.25, 0.3) is 5.91 Å². The molecule has 1 fully saturated rings. The lowest BCUT2D eigenvalue weighted by Crippen LogP contribution is -2.13. The third kappa shape index (κ3) is 2.75. The predicted octanol–water partition coefficient (Wildman–Crippen LogP) is 3.25. The monoisotopic (exact) mass is 363 g/mol. The summed E-state index contributed by atoms with van der Waals surface area (Å²) in [6, 6.07) is 7.80. The number of rotatable bonds is 3. The maximum absolute atomic E-state index is 13.0. The van der Waals surface area contributed by atoms with Crippen LogP contribution in [0.4, 0.5) is 11.5 Å². The van der Waals surface area contributed by atoms with Crippen LogP contribution >= 0.6 is 0 Å². The molecular weight excluding hydrogens is 342 g/mol. The van der Waals surface area contributed by atoms with Crippen molar-refractivity contribution in [1.82, 2.24) is 14.6 Å². The van der Waals surface area contributed by atoms with Crippen LogP contribution in [0.25, 0.3) is 5.52 Å². The number of anilines is 2. The molecule has 3 aromatic rings. The van der Waals surface area contributed by atoms with E-state index in [1.165, 1.54) is 24.7 Å². The number of carbonyl (C=O) groups is 1. The molecule has 3 heterocycles. The molecule has 1 saturated carbocycles. The zero-order chi connectivity index (χ0) is 18.4. The van der Waals surface area contributed by atoms with Gasteiger partial charge in [-0.25, -0.2) is 9.50 Å². The van der Waals surface area contributed by atoms with Crippen molar-refractivity contribution in [3.8, 4) is 0 Å². The Kier molecular flexibility index (Phi) is 3.82. The molecule has 0 spiro atoms. The van der Waals surface area contributed by atoms with Gasteiger partial charge in [-0.15, -0.1) is 0 Å². The highest BCUT2D eigenvalue weighted by Gasteiger charge is 2.26. The summed E-state index contributed by atoms with van der Waals surface area (Å²) in [7, 11) is 0. The number of nitrogens with two attached hydrogens (primary N) is 1. The van der Waals surface area contributed by atoms with Gasteiger partial charge in [-0.2, -0.15) is 5.10 Å². The lowest BCUT2D eigenvalue weighted by molar-refractivity contribution is 0.102. The second kappa shape index (κ2) is 6.35. The fourth-order valence-corrected chi connectivity index (χ4v) is 4.23. The average molecular weight is 363 g/mol. The van der Waals surface area contributed by atoms with Gasteiger partial charge in [0, 0.05) is 17.3 Å². The Bertz CT molecular complexity index is 1040. The molecule has 2 aliphatic rings. The number of fused-ring (bicyclic) bond motifs is 2. The lowest BCUT2D eigenvalue weighted by Gasteiger charge is -2.08. The first-order valence-electron chi connectivity index (χ1n) is 9.34. The summed E-state index contributed by atoms with van der Waals surface area (Å²) in [5.41, 5.74) is 11.3. The van der Waals surface area contributed by atoms with Gasteiger partial charge in [0.05, 0.1) is 18.8 Å². The molecule has 0 radical (unpaired) electrons. The zero-order valence-corrected chi connectivity index (χ0v) is 14.9. The molecule has 27 heavy (non-hydrogen) atoms. The van der Waals surface area contributed by atoms with Crippen LogP contribution < -0.4 is 11.1 Å². The van der Waals surface area contributed by atoms with Crippen LogP contribution in [0.2, 0.25) is 0 Å². The van der Waals surface area contributed by atoms with Crippen LogP contribution in [0.5, 0.6) is 0 Å². The number of carbonyl (C=O) groups excluding carboxylic acids is 1. The maximum Gasteiger partial charge on any atom is 0.258 e. The van der Waals surface area contributed by atoms with E-state index in [0.717, 1.165) is 29.8 Å². The first-order chi connectivity index (χ1) is 13.2. The van der Waals surface area contributed by atoms with Gasteiger partial charge in [-0.3, -0.25) is 4.79 Å². The molecule has 7 nitrogen and oxygen atoms in total. The molecule has 0 atom stereocenters. The van der Waals surface area contributed by atoms with Crippen molar-refractivity contribution >= 4 is 22.9 Å². The molecule has 2 aromatic heterocycles. The van der Waals surface area contributed by atoms with E-state index in [1.807, 2.05) is 24.3 Å². The summed E-state index contributed by atoms with van der Waals surface area (Å²) in [5, 5.41) is 7.37. The van der Waals surface area contributed by atoms with E-state index >= 15 is 0 Å². The van der Waals surface area contributed by atoms with Crippen LogP contribution in [-0.2, 0) is 18.0 Å². The summed E-state index contributed by atoms with van der Waals surface area (Å²) in [6.45, 7) is 1.22. The van der Waals surface area contributed by atoms with E-state index in [1.54, 1.807) is 4.52 Å². The molecule has 3 N–H and O–H groups in total. The Morgan fingerprint density at radius 1 is 1.19 bits per heavy atom. The molecule has 0 unspecified atom stereocenters. The van der Waals surface area contributed by atoms with Gasteiger partial charge in [-0.05, 0) is 42.2 Å². The average Bonchev–Trinajstić information content (AvgIpc) is 3.40. The fourth-order valence-electron chi connectivity index (χ4n) is 4.23. The molecular formula is C20H21N5O2. The van der Waals surface area contributed by atoms with Gasteiger partial charge < -0.3 is 15.8 Å².